The number of hydrogen-bond donors (Lipinski definition) is 2. The van der Waals surface area contributed by atoms with Crippen molar-refractivity contribution in [1.82, 2.24) is 0 Å². The molecule has 0 bridgehead atoms. The maximum absolute atomic E-state index is 14.0. The van der Waals surface area contributed by atoms with Crippen molar-refractivity contribution >= 4 is 11.7 Å². The van der Waals surface area contributed by atoms with E-state index in [9.17, 15) is 19.6 Å². The van der Waals surface area contributed by atoms with E-state index in [1.54, 1.807) is 11.1 Å². The Kier molecular flexibility index (Phi) is 3.92. The zero-order valence-corrected chi connectivity index (χ0v) is 12.5. The molecule has 0 radical (unpaired) electrons. The number of rotatable bonds is 3. The third-order valence-electron chi connectivity index (χ3n) is 3.98. The summed E-state index contributed by atoms with van der Waals surface area (Å²) in [6, 6.07) is 13.8. The van der Waals surface area contributed by atoms with Crippen LogP contribution in [-0.4, -0.2) is 22.7 Å². The highest BCUT2D eigenvalue weighted by Crippen LogP contribution is 2.36. The molecule has 0 saturated carbocycles. The number of carbonyl (C=O) groups is 1. The van der Waals surface area contributed by atoms with E-state index in [2.05, 4.69) is 6.07 Å². The molecule has 0 spiro atoms. The highest BCUT2D eigenvalue weighted by molar-refractivity contribution is 5.92. The van der Waals surface area contributed by atoms with Crippen LogP contribution in [0.15, 0.2) is 54.2 Å². The molecule has 0 fully saturated rings. The molecule has 6 heteroatoms. The van der Waals surface area contributed by atoms with Crippen molar-refractivity contribution in [3.05, 3.63) is 71.2 Å². The number of halogens is 1. The summed E-state index contributed by atoms with van der Waals surface area (Å²) in [4.78, 5) is 12.6. The monoisotopic (exact) mass is 324 g/mol. The molecule has 1 unspecified atom stereocenters. The molecule has 120 valence electrons. The first-order chi connectivity index (χ1) is 11.5. The van der Waals surface area contributed by atoms with E-state index in [4.69, 9.17) is 5.11 Å². The number of hydrogen-bond acceptors (Lipinski definition) is 4. The fourth-order valence-corrected chi connectivity index (χ4v) is 2.82. The number of nitrogens with zero attached hydrogens (tertiary/aromatic N) is 2. The van der Waals surface area contributed by atoms with Crippen LogP contribution in [0.3, 0.4) is 0 Å². The Morgan fingerprint density at radius 3 is 2.58 bits per heavy atom. The van der Waals surface area contributed by atoms with Gasteiger partial charge in [0, 0.05) is 30.4 Å². The van der Waals surface area contributed by atoms with Gasteiger partial charge in [0.15, 0.2) is 0 Å². The number of aromatic hydroxyl groups is 1. The number of aromatic carboxylic acids is 1. The average Bonchev–Trinajstić information content (AvgIpc) is 2.99. The van der Waals surface area contributed by atoms with Crippen LogP contribution >= 0.6 is 0 Å². The molecule has 1 aliphatic rings. The molecule has 0 aromatic heterocycles. The fourth-order valence-electron chi connectivity index (χ4n) is 2.82. The van der Waals surface area contributed by atoms with Gasteiger partial charge in [-0.3, -0.25) is 0 Å². The van der Waals surface area contributed by atoms with Gasteiger partial charge < -0.3 is 15.1 Å². The summed E-state index contributed by atoms with van der Waals surface area (Å²) in [6.45, 7) is 0.401. The molecule has 1 atom stereocenters. The maximum Gasteiger partial charge on any atom is 0.342 e. The van der Waals surface area contributed by atoms with Crippen molar-refractivity contribution in [2.75, 3.05) is 11.4 Å². The summed E-state index contributed by atoms with van der Waals surface area (Å²) in [7, 11) is 0. The van der Waals surface area contributed by atoms with E-state index < -0.39 is 23.1 Å². The molecule has 1 heterocycles. The van der Waals surface area contributed by atoms with Crippen molar-refractivity contribution in [1.29, 1.82) is 5.26 Å². The van der Waals surface area contributed by atoms with E-state index in [1.165, 1.54) is 6.07 Å². The number of carboxylic acid groups (broad SMARTS) is 1. The second-order valence-corrected chi connectivity index (χ2v) is 5.44. The Morgan fingerprint density at radius 1 is 1.29 bits per heavy atom. The highest BCUT2D eigenvalue weighted by Gasteiger charge is 2.28. The van der Waals surface area contributed by atoms with E-state index in [1.807, 2.05) is 30.3 Å². The summed E-state index contributed by atoms with van der Waals surface area (Å²) < 4.78 is 14.0. The second-order valence-electron chi connectivity index (χ2n) is 5.44. The molecule has 2 aromatic rings. The molecule has 24 heavy (non-hydrogen) atoms. The molecule has 2 aromatic carbocycles. The predicted octanol–water partition coefficient (Wildman–Crippen LogP) is 3.24. The topological polar surface area (TPSA) is 84.6 Å². The minimum atomic E-state index is -1.53. The van der Waals surface area contributed by atoms with Gasteiger partial charge >= 0.3 is 5.97 Å². The third kappa shape index (κ3) is 2.68. The standard InChI is InChI=1S/C18H13FN2O3/c19-15-6-13(7-16(22)17(15)18(23)24)21-9-12(8-20)14(10-21)11-4-2-1-3-5-11/h1-7,9,14,22H,10H2,(H,23,24). The lowest BCUT2D eigenvalue weighted by molar-refractivity contribution is 0.0688. The lowest BCUT2D eigenvalue weighted by atomic mass is 9.94. The van der Waals surface area contributed by atoms with Crippen molar-refractivity contribution in [2.24, 2.45) is 0 Å². The first-order valence-corrected chi connectivity index (χ1v) is 7.20. The maximum atomic E-state index is 14.0. The van der Waals surface area contributed by atoms with Crippen LogP contribution in [0.1, 0.15) is 21.8 Å². The van der Waals surface area contributed by atoms with Gasteiger partial charge in [-0.2, -0.15) is 5.26 Å². The predicted molar refractivity (Wildman–Crippen MR) is 85.2 cm³/mol. The van der Waals surface area contributed by atoms with Crippen molar-refractivity contribution in [3.63, 3.8) is 0 Å². The summed E-state index contributed by atoms with van der Waals surface area (Å²) in [6.07, 6.45) is 1.59. The quantitative estimate of drug-likeness (QED) is 0.905. The Bertz CT molecular complexity index is 849. The van der Waals surface area contributed by atoms with E-state index in [0.29, 0.717) is 17.8 Å². The Balaban J connectivity index is 1.96. The molecule has 0 amide bonds. The first-order valence-electron chi connectivity index (χ1n) is 7.20. The van der Waals surface area contributed by atoms with E-state index in [-0.39, 0.29) is 5.92 Å². The summed E-state index contributed by atoms with van der Waals surface area (Å²) in [5.41, 5.74) is 1.01. The molecule has 1 aliphatic heterocycles. The van der Waals surface area contributed by atoms with Gasteiger partial charge in [-0.05, 0) is 11.6 Å². The second kappa shape index (κ2) is 6.05. The molecular formula is C18H13FN2O3. The lowest BCUT2D eigenvalue weighted by Crippen LogP contribution is -2.17. The highest BCUT2D eigenvalue weighted by atomic mass is 19.1. The minimum Gasteiger partial charge on any atom is -0.507 e. The summed E-state index contributed by atoms with van der Waals surface area (Å²) in [5.74, 6) is -3.37. The van der Waals surface area contributed by atoms with Crippen LogP contribution in [0.2, 0.25) is 0 Å². The Hall–Kier alpha value is -3.33. The van der Waals surface area contributed by atoms with Gasteiger partial charge in [0.05, 0.1) is 11.6 Å². The number of nitriles is 1. The SMILES string of the molecule is N#CC1=CN(c2cc(O)c(C(=O)O)c(F)c2)CC1c1ccccc1. The number of phenols is 1. The minimum absolute atomic E-state index is 0.166. The van der Waals surface area contributed by atoms with E-state index >= 15 is 0 Å². The van der Waals surface area contributed by atoms with Gasteiger partial charge in [-0.25, -0.2) is 9.18 Å². The zero-order valence-electron chi connectivity index (χ0n) is 12.5. The Labute approximate surface area is 137 Å². The van der Waals surface area contributed by atoms with Crippen molar-refractivity contribution in [3.8, 4) is 11.8 Å². The number of carboxylic acids is 1. The van der Waals surface area contributed by atoms with Gasteiger partial charge in [-0.1, -0.05) is 30.3 Å². The summed E-state index contributed by atoms with van der Waals surface area (Å²) >= 11 is 0. The smallest absolute Gasteiger partial charge is 0.342 e. The molecule has 3 rings (SSSR count). The van der Waals surface area contributed by atoms with Gasteiger partial charge in [-0.15, -0.1) is 0 Å². The number of anilines is 1. The molecule has 5 nitrogen and oxygen atoms in total. The normalized spacial score (nSPS) is 16.6. The molecule has 0 aliphatic carbocycles. The molecule has 0 saturated heterocycles. The van der Waals surface area contributed by atoms with Crippen LogP contribution in [0.4, 0.5) is 10.1 Å². The zero-order chi connectivity index (χ0) is 17.3. The third-order valence-corrected chi connectivity index (χ3v) is 3.98. The average molecular weight is 324 g/mol. The van der Waals surface area contributed by atoms with Crippen LogP contribution in [-0.2, 0) is 0 Å². The van der Waals surface area contributed by atoms with Gasteiger partial charge in [0.1, 0.15) is 17.1 Å². The summed E-state index contributed by atoms with van der Waals surface area (Å²) in [5, 5.41) is 28.0. The van der Waals surface area contributed by atoms with Crippen molar-refractivity contribution < 1.29 is 19.4 Å². The van der Waals surface area contributed by atoms with Gasteiger partial charge in [0.2, 0.25) is 0 Å². The number of benzene rings is 2. The van der Waals surface area contributed by atoms with Crippen LogP contribution in [0.5, 0.6) is 5.75 Å². The Morgan fingerprint density at radius 2 is 2.00 bits per heavy atom. The molecule has 2 N–H and O–H groups in total. The van der Waals surface area contributed by atoms with Crippen molar-refractivity contribution in [2.45, 2.75) is 5.92 Å². The van der Waals surface area contributed by atoms with Crippen LogP contribution in [0.25, 0.3) is 0 Å². The lowest BCUT2D eigenvalue weighted by Gasteiger charge is -2.19. The van der Waals surface area contributed by atoms with Crippen LogP contribution < -0.4 is 4.90 Å². The largest absolute Gasteiger partial charge is 0.507 e. The van der Waals surface area contributed by atoms with Gasteiger partial charge in [0.25, 0.3) is 0 Å². The van der Waals surface area contributed by atoms with E-state index in [0.717, 1.165) is 11.6 Å². The van der Waals surface area contributed by atoms with Crippen LogP contribution in [0, 0.1) is 17.1 Å². The molecular weight excluding hydrogens is 311 g/mol. The first kappa shape index (κ1) is 15.6. The fraction of sp³-hybridized carbons (Fsp3) is 0.111.